The molecule has 0 radical (unpaired) electrons. The molecule has 0 bridgehead atoms. The second-order valence-electron chi connectivity index (χ2n) is 6.72. The summed E-state index contributed by atoms with van der Waals surface area (Å²) in [5.74, 6) is -2.56. The average molecular weight is 500 g/mol. The van der Waals surface area contributed by atoms with E-state index >= 15 is 0 Å². The number of β-lactam (4-membered cyclic amide) rings is 1. The summed E-state index contributed by atoms with van der Waals surface area (Å²) in [5, 5.41) is 16.8. The average Bonchev–Trinajstić information content (AvgIpc) is 3.36. The highest BCUT2D eigenvalue weighted by Crippen LogP contribution is 2.45. The zero-order valence-corrected chi connectivity index (χ0v) is 18.7. The van der Waals surface area contributed by atoms with Gasteiger partial charge >= 0.3 is 11.9 Å². The van der Waals surface area contributed by atoms with Gasteiger partial charge in [0.15, 0.2) is 11.7 Å². The van der Waals surface area contributed by atoms with Crippen molar-refractivity contribution in [3.8, 4) is 0 Å². The lowest BCUT2D eigenvalue weighted by Gasteiger charge is -2.49. The topological polar surface area (TPSA) is 174 Å². The molecule has 2 amide bonds. The lowest BCUT2D eigenvalue weighted by molar-refractivity contribution is -0.150. The van der Waals surface area contributed by atoms with E-state index in [1.165, 1.54) is 23.1 Å². The van der Waals surface area contributed by atoms with Crippen LogP contribution in [0.25, 0.3) is 0 Å². The second kappa shape index (κ2) is 9.38. The standard InChI is InChI=1S/C17H17N5O7S3/c18-17-20-7(5-31-17)4-29-19-3-10(23)21-11-13(24)22-12(15(25)26)9(6-30-14(11)22)32-8-1-2-28-16(8)27/h3,5,8,11,14H,1-2,4,6H2,(H2,18,20)(H,21,23)(H,25,26)/t8?,11-,14+/m1/s1. The van der Waals surface area contributed by atoms with Crippen molar-refractivity contribution in [2.75, 3.05) is 18.1 Å². The Kier molecular flexibility index (Phi) is 6.57. The number of thiazole rings is 1. The summed E-state index contributed by atoms with van der Waals surface area (Å²) in [6.07, 6.45) is 1.37. The van der Waals surface area contributed by atoms with Gasteiger partial charge in [-0.15, -0.1) is 34.9 Å². The maximum atomic E-state index is 12.6. The van der Waals surface area contributed by atoms with Gasteiger partial charge in [0.25, 0.3) is 11.8 Å². The van der Waals surface area contributed by atoms with E-state index in [0.717, 1.165) is 22.9 Å². The molecular weight excluding hydrogens is 482 g/mol. The molecule has 4 heterocycles. The van der Waals surface area contributed by atoms with E-state index in [1.54, 1.807) is 5.38 Å². The van der Waals surface area contributed by atoms with Crippen molar-refractivity contribution < 1.29 is 33.9 Å². The summed E-state index contributed by atoms with van der Waals surface area (Å²) in [5.41, 5.74) is 5.92. The Bertz CT molecular complexity index is 1030. The van der Waals surface area contributed by atoms with Crippen LogP contribution in [0.3, 0.4) is 0 Å². The number of nitrogens with two attached hydrogens (primary N) is 1. The van der Waals surface area contributed by atoms with Gasteiger partial charge in [0, 0.05) is 22.5 Å². The zero-order chi connectivity index (χ0) is 22.8. The number of carboxylic acid groups (broad SMARTS) is 1. The number of oxime groups is 1. The summed E-state index contributed by atoms with van der Waals surface area (Å²) in [4.78, 5) is 58.8. The number of hydrogen-bond acceptors (Lipinski definition) is 12. The van der Waals surface area contributed by atoms with Crippen LogP contribution in [0.5, 0.6) is 0 Å². The van der Waals surface area contributed by atoms with Crippen molar-refractivity contribution in [1.82, 2.24) is 15.2 Å². The summed E-state index contributed by atoms with van der Waals surface area (Å²) >= 11 is 3.68. The van der Waals surface area contributed by atoms with Crippen LogP contribution in [0, 0.1) is 0 Å². The molecule has 0 aromatic carbocycles. The monoisotopic (exact) mass is 499 g/mol. The van der Waals surface area contributed by atoms with E-state index in [9.17, 15) is 24.3 Å². The molecule has 170 valence electrons. The first-order valence-corrected chi connectivity index (χ1v) is 12.1. The molecular formula is C17H17N5O7S3. The van der Waals surface area contributed by atoms with Gasteiger partial charge in [-0.25, -0.2) is 9.78 Å². The van der Waals surface area contributed by atoms with Gasteiger partial charge in [-0.05, 0) is 0 Å². The van der Waals surface area contributed by atoms with E-state index in [1.807, 2.05) is 0 Å². The number of thioether (sulfide) groups is 2. The third-order valence-corrected chi connectivity index (χ3v) is 8.15. The van der Waals surface area contributed by atoms with E-state index in [0.29, 0.717) is 34.5 Å². The van der Waals surface area contributed by atoms with E-state index in [4.69, 9.17) is 15.3 Å². The van der Waals surface area contributed by atoms with E-state index in [2.05, 4.69) is 15.5 Å². The van der Waals surface area contributed by atoms with Gasteiger partial charge < -0.3 is 25.7 Å². The Morgan fingerprint density at radius 3 is 2.97 bits per heavy atom. The molecule has 3 atom stereocenters. The fraction of sp³-hybridized carbons (Fsp3) is 0.412. The van der Waals surface area contributed by atoms with Gasteiger partial charge in [-0.2, -0.15) is 0 Å². The van der Waals surface area contributed by atoms with Crippen LogP contribution < -0.4 is 11.1 Å². The summed E-state index contributed by atoms with van der Waals surface area (Å²) in [6.45, 7) is 0.329. The maximum Gasteiger partial charge on any atom is 0.353 e. The number of cyclic esters (lactones) is 1. The lowest BCUT2D eigenvalue weighted by Crippen LogP contribution is -2.70. The minimum Gasteiger partial charge on any atom is -0.477 e. The van der Waals surface area contributed by atoms with Crippen LogP contribution >= 0.6 is 34.9 Å². The number of nitrogens with one attached hydrogen (secondary N) is 1. The molecule has 1 aromatic rings. The highest BCUT2D eigenvalue weighted by atomic mass is 32.2. The number of esters is 1. The Morgan fingerprint density at radius 1 is 1.50 bits per heavy atom. The number of aromatic nitrogens is 1. The fourth-order valence-electron chi connectivity index (χ4n) is 3.21. The van der Waals surface area contributed by atoms with Crippen molar-refractivity contribution >= 4 is 70.0 Å². The zero-order valence-electron chi connectivity index (χ0n) is 16.3. The number of fused-ring (bicyclic) bond motifs is 1. The van der Waals surface area contributed by atoms with Crippen molar-refractivity contribution in [2.45, 2.75) is 29.7 Å². The maximum absolute atomic E-state index is 12.6. The van der Waals surface area contributed by atoms with Crippen LogP contribution in [-0.4, -0.2) is 74.0 Å². The predicted octanol–water partition coefficient (Wildman–Crippen LogP) is -0.0275. The highest BCUT2D eigenvalue weighted by molar-refractivity contribution is 8.07. The smallest absolute Gasteiger partial charge is 0.353 e. The van der Waals surface area contributed by atoms with Crippen LogP contribution in [0.1, 0.15) is 12.1 Å². The molecule has 4 rings (SSSR count). The van der Waals surface area contributed by atoms with Crippen molar-refractivity contribution in [3.05, 3.63) is 21.7 Å². The molecule has 32 heavy (non-hydrogen) atoms. The predicted molar refractivity (Wildman–Crippen MR) is 116 cm³/mol. The Balaban J connectivity index is 1.35. The summed E-state index contributed by atoms with van der Waals surface area (Å²) in [6, 6.07) is -0.894. The normalized spacial score (nSPS) is 24.9. The number of carboxylic acids is 1. The van der Waals surface area contributed by atoms with Gasteiger partial charge in [0.05, 0.1) is 12.3 Å². The van der Waals surface area contributed by atoms with Gasteiger partial charge in [0.2, 0.25) is 0 Å². The number of aliphatic carboxylic acids is 1. The van der Waals surface area contributed by atoms with Crippen molar-refractivity contribution in [2.24, 2.45) is 5.16 Å². The van der Waals surface area contributed by atoms with Gasteiger partial charge in [-0.1, -0.05) is 5.16 Å². The SMILES string of the molecule is Nc1nc(CON=CC(=O)N[C@@H]2C(=O)N3C(C(=O)O)=C(SC4CCOC4=O)CS[C@@H]23)cs1. The van der Waals surface area contributed by atoms with Crippen molar-refractivity contribution in [1.29, 1.82) is 0 Å². The number of hydrogen-bond donors (Lipinski definition) is 3. The molecule has 3 aliphatic rings. The molecule has 4 N–H and O–H groups in total. The molecule has 0 spiro atoms. The summed E-state index contributed by atoms with van der Waals surface area (Å²) in [7, 11) is 0. The molecule has 1 unspecified atom stereocenters. The molecule has 3 aliphatic heterocycles. The number of carbonyl (C=O) groups is 4. The minimum absolute atomic E-state index is 0.0356. The van der Waals surface area contributed by atoms with Crippen LogP contribution in [0.2, 0.25) is 0 Å². The molecule has 2 saturated heterocycles. The van der Waals surface area contributed by atoms with Crippen LogP contribution in [-0.2, 0) is 35.4 Å². The molecule has 0 saturated carbocycles. The van der Waals surface area contributed by atoms with Gasteiger partial charge in [-0.3, -0.25) is 19.3 Å². The number of nitrogens with zero attached hydrogens (tertiary/aromatic N) is 3. The van der Waals surface area contributed by atoms with Gasteiger partial charge in [0.1, 0.15) is 28.6 Å². The van der Waals surface area contributed by atoms with E-state index < -0.39 is 34.4 Å². The molecule has 15 heteroatoms. The number of rotatable bonds is 8. The number of anilines is 1. The molecule has 1 aromatic heterocycles. The van der Waals surface area contributed by atoms with Crippen LogP contribution in [0.15, 0.2) is 21.1 Å². The number of amides is 2. The molecule has 12 nitrogen and oxygen atoms in total. The first kappa shape index (κ1) is 22.4. The third kappa shape index (κ3) is 4.54. The number of nitrogen functional groups attached to an aromatic ring is 1. The summed E-state index contributed by atoms with van der Waals surface area (Å²) < 4.78 is 4.92. The highest BCUT2D eigenvalue weighted by Gasteiger charge is 2.54. The fourth-order valence-corrected chi connectivity index (χ4v) is 6.44. The molecule has 0 aliphatic carbocycles. The minimum atomic E-state index is -1.26. The number of carbonyl (C=O) groups excluding carboxylic acids is 3. The van der Waals surface area contributed by atoms with Crippen molar-refractivity contribution in [3.63, 3.8) is 0 Å². The Morgan fingerprint density at radius 2 is 2.31 bits per heavy atom. The van der Waals surface area contributed by atoms with E-state index in [-0.39, 0.29) is 18.3 Å². The first-order valence-electron chi connectivity index (χ1n) is 9.25. The lowest BCUT2D eigenvalue weighted by atomic mass is 10.1. The Labute approximate surface area is 193 Å². The third-order valence-electron chi connectivity index (χ3n) is 4.63. The molecule has 2 fully saturated rings. The Hall–Kier alpha value is -2.78. The number of ether oxygens (including phenoxy) is 1. The second-order valence-corrected chi connectivity index (χ2v) is 10.0. The largest absolute Gasteiger partial charge is 0.477 e. The quantitative estimate of drug-likeness (QED) is 0.190. The van der Waals surface area contributed by atoms with Crippen LogP contribution in [0.4, 0.5) is 5.13 Å². The first-order chi connectivity index (χ1) is 15.3.